The summed E-state index contributed by atoms with van der Waals surface area (Å²) in [5.74, 6) is -5.64. The molecule has 32 heavy (non-hydrogen) atoms. The quantitative estimate of drug-likeness (QED) is 0.119. The Balaban J connectivity index is 5.30. The summed E-state index contributed by atoms with van der Waals surface area (Å²) < 4.78 is 0. The van der Waals surface area contributed by atoms with Crippen LogP contribution in [-0.2, 0) is 24.0 Å². The zero-order valence-electron chi connectivity index (χ0n) is 18.5. The summed E-state index contributed by atoms with van der Waals surface area (Å²) in [4.78, 5) is 59.5. The molecule has 0 radical (unpaired) electrons. The molecule has 13 heteroatoms. The fourth-order valence-corrected chi connectivity index (χ4v) is 2.74. The van der Waals surface area contributed by atoms with Gasteiger partial charge in [0.15, 0.2) is 0 Å². The number of unbranched alkanes of at least 4 members (excludes halogenated alkanes) is 1. The van der Waals surface area contributed by atoms with Crippen molar-refractivity contribution in [2.24, 2.45) is 17.4 Å². The van der Waals surface area contributed by atoms with Crippen molar-refractivity contribution in [3.8, 4) is 0 Å². The normalized spacial score (nSPS) is 15.7. The van der Waals surface area contributed by atoms with Crippen LogP contribution in [0.2, 0.25) is 0 Å². The maximum absolute atomic E-state index is 12.7. The zero-order valence-corrected chi connectivity index (χ0v) is 18.5. The third-order valence-electron chi connectivity index (χ3n) is 4.60. The highest BCUT2D eigenvalue weighted by atomic mass is 16.4. The Labute approximate surface area is 186 Å². The van der Waals surface area contributed by atoms with E-state index in [4.69, 9.17) is 16.6 Å². The van der Waals surface area contributed by atoms with Crippen molar-refractivity contribution in [3.05, 3.63) is 0 Å². The number of carbonyl (C=O) groups is 5. The van der Waals surface area contributed by atoms with E-state index in [0.29, 0.717) is 19.4 Å². The Bertz CT molecular complexity index is 670. The first-order chi connectivity index (χ1) is 14.8. The van der Waals surface area contributed by atoms with E-state index in [-0.39, 0.29) is 6.42 Å². The van der Waals surface area contributed by atoms with Gasteiger partial charge in [0.05, 0.1) is 18.6 Å². The summed E-state index contributed by atoms with van der Waals surface area (Å²) in [6, 6.07) is -5.30. The lowest BCUT2D eigenvalue weighted by Crippen LogP contribution is -2.60. The third-order valence-corrected chi connectivity index (χ3v) is 4.60. The number of aliphatic carboxylic acids is 2. The SMILES string of the molecule is CC(C)C(NC(=O)C(NC(=O)C(N)CC(=O)O)C(C)O)C(=O)NC(CCCCN)C(=O)O. The number of nitrogens with two attached hydrogens (primary N) is 2. The number of rotatable bonds is 15. The number of carboxylic acids is 2. The molecule has 0 saturated carbocycles. The number of aliphatic hydroxyl groups is 1. The summed E-state index contributed by atoms with van der Waals surface area (Å²) in [5.41, 5.74) is 10.9. The molecule has 0 aliphatic carbocycles. The molecule has 0 bridgehead atoms. The van der Waals surface area contributed by atoms with Gasteiger partial charge in [0.25, 0.3) is 0 Å². The predicted molar refractivity (Wildman–Crippen MR) is 113 cm³/mol. The lowest BCUT2D eigenvalue weighted by atomic mass is 10.0. The summed E-state index contributed by atoms with van der Waals surface area (Å²) in [6.45, 7) is 4.84. The average molecular weight is 462 g/mol. The summed E-state index contributed by atoms with van der Waals surface area (Å²) >= 11 is 0. The van der Waals surface area contributed by atoms with Crippen LogP contribution in [0, 0.1) is 5.92 Å². The van der Waals surface area contributed by atoms with E-state index < -0.39 is 72.3 Å². The molecule has 3 amide bonds. The fourth-order valence-electron chi connectivity index (χ4n) is 2.74. The van der Waals surface area contributed by atoms with Gasteiger partial charge in [-0.1, -0.05) is 13.8 Å². The molecule has 0 saturated heterocycles. The Hall–Kier alpha value is -2.77. The van der Waals surface area contributed by atoms with Crippen LogP contribution in [0.25, 0.3) is 0 Å². The van der Waals surface area contributed by atoms with Crippen LogP contribution in [-0.4, -0.2) is 81.8 Å². The Morgan fingerprint density at radius 2 is 1.38 bits per heavy atom. The molecule has 0 aromatic carbocycles. The standard InChI is InChI=1S/C19H35N5O8/c1-9(2)14(17(29)22-12(19(31)32)6-4-5-7-20)23-18(30)15(10(3)25)24-16(28)11(21)8-13(26)27/h9-12,14-15,25H,4-8,20-21H2,1-3H3,(H,22,29)(H,23,30)(H,24,28)(H,26,27)(H,31,32). The number of carbonyl (C=O) groups excluding carboxylic acids is 3. The van der Waals surface area contributed by atoms with E-state index in [1.165, 1.54) is 6.92 Å². The van der Waals surface area contributed by atoms with Crippen LogP contribution in [0.3, 0.4) is 0 Å². The minimum atomic E-state index is -1.52. The predicted octanol–water partition coefficient (Wildman–Crippen LogP) is -2.51. The van der Waals surface area contributed by atoms with Crippen molar-refractivity contribution in [1.82, 2.24) is 16.0 Å². The van der Waals surface area contributed by atoms with Gasteiger partial charge in [0.2, 0.25) is 17.7 Å². The molecule has 13 nitrogen and oxygen atoms in total. The smallest absolute Gasteiger partial charge is 0.326 e. The molecule has 0 aromatic heterocycles. The minimum absolute atomic E-state index is 0.158. The number of hydrogen-bond donors (Lipinski definition) is 8. The van der Waals surface area contributed by atoms with Gasteiger partial charge in [0, 0.05) is 0 Å². The molecule has 184 valence electrons. The van der Waals surface area contributed by atoms with Crippen LogP contribution in [0.4, 0.5) is 0 Å². The molecule has 0 aromatic rings. The van der Waals surface area contributed by atoms with Crippen LogP contribution in [0.5, 0.6) is 0 Å². The van der Waals surface area contributed by atoms with Crippen molar-refractivity contribution in [1.29, 1.82) is 0 Å². The van der Waals surface area contributed by atoms with E-state index in [1.807, 2.05) is 0 Å². The monoisotopic (exact) mass is 461 g/mol. The lowest BCUT2D eigenvalue weighted by molar-refractivity contribution is -0.143. The van der Waals surface area contributed by atoms with Gasteiger partial charge in [0.1, 0.15) is 18.1 Å². The number of amides is 3. The van der Waals surface area contributed by atoms with Crippen molar-refractivity contribution in [2.45, 2.75) is 76.7 Å². The first-order valence-electron chi connectivity index (χ1n) is 10.3. The summed E-state index contributed by atoms with van der Waals surface area (Å²) in [6.07, 6.45) is -0.846. The number of aliphatic hydroxyl groups excluding tert-OH is 1. The van der Waals surface area contributed by atoms with E-state index in [1.54, 1.807) is 13.8 Å². The highest BCUT2D eigenvalue weighted by Gasteiger charge is 2.33. The molecule has 0 aliphatic heterocycles. The molecule has 0 fully saturated rings. The van der Waals surface area contributed by atoms with Crippen molar-refractivity contribution in [3.63, 3.8) is 0 Å². The largest absolute Gasteiger partial charge is 0.481 e. The van der Waals surface area contributed by atoms with Gasteiger partial charge in [-0.25, -0.2) is 4.79 Å². The molecule has 5 atom stereocenters. The number of carboxylic acid groups (broad SMARTS) is 2. The van der Waals surface area contributed by atoms with Crippen molar-refractivity contribution >= 4 is 29.7 Å². The van der Waals surface area contributed by atoms with Gasteiger partial charge in [-0.15, -0.1) is 0 Å². The Morgan fingerprint density at radius 1 is 0.844 bits per heavy atom. The lowest BCUT2D eigenvalue weighted by Gasteiger charge is -2.28. The van der Waals surface area contributed by atoms with E-state index in [9.17, 15) is 34.2 Å². The fraction of sp³-hybridized carbons (Fsp3) is 0.737. The molecule has 10 N–H and O–H groups in total. The van der Waals surface area contributed by atoms with E-state index in [2.05, 4.69) is 16.0 Å². The van der Waals surface area contributed by atoms with Crippen LogP contribution in [0.1, 0.15) is 46.5 Å². The number of hydrogen-bond acceptors (Lipinski definition) is 8. The minimum Gasteiger partial charge on any atom is -0.481 e. The van der Waals surface area contributed by atoms with Crippen LogP contribution < -0.4 is 27.4 Å². The highest BCUT2D eigenvalue weighted by Crippen LogP contribution is 2.07. The first-order valence-corrected chi connectivity index (χ1v) is 10.3. The highest BCUT2D eigenvalue weighted by molar-refractivity contribution is 5.95. The van der Waals surface area contributed by atoms with Gasteiger partial charge in [-0.3, -0.25) is 19.2 Å². The summed E-state index contributed by atoms with van der Waals surface area (Å²) in [7, 11) is 0. The van der Waals surface area contributed by atoms with Crippen LogP contribution >= 0.6 is 0 Å². The zero-order chi connectivity index (χ0) is 25.0. The van der Waals surface area contributed by atoms with E-state index in [0.717, 1.165) is 0 Å². The maximum Gasteiger partial charge on any atom is 0.326 e. The second kappa shape index (κ2) is 14.3. The second-order valence-corrected chi connectivity index (χ2v) is 7.85. The molecule has 0 spiro atoms. The Morgan fingerprint density at radius 3 is 1.81 bits per heavy atom. The summed E-state index contributed by atoms with van der Waals surface area (Å²) in [5, 5.41) is 34.9. The van der Waals surface area contributed by atoms with Gasteiger partial charge >= 0.3 is 11.9 Å². The maximum atomic E-state index is 12.7. The van der Waals surface area contributed by atoms with Gasteiger partial charge in [-0.2, -0.15) is 0 Å². The molecular formula is C19H35N5O8. The molecule has 0 rings (SSSR count). The second-order valence-electron chi connectivity index (χ2n) is 7.85. The average Bonchev–Trinajstić information content (AvgIpc) is 2.67. The molecular weight excluding hydrogens is 426 g/mol. The van der Waals surface area contributed by atoms with Gasteiger partial charge in [-0.05, 0) is 38.6 Å². The van der Waals surface area contributed by atoms with Crippen LogP contribution in [0.15, 0.2) is 0 Å². The molecule has 0 heterocycles. The van der Waals surface area contributed by atoms with Crippen molar-refractivity contribution < 1.29 is 39.3 Å². The Kier molecular flexibility index (Phi) is 13.1. The molecule has 0 aliphatic rings. The number of nitrogens with one attached hydrogen (secondary N) is 3. The molecule has 5 unspecified atom stereocenters. The first kappa shape index (κ1) is 29.2. The topological polar surface area (TPSA) is 234 Å². The van der Waals surface area contributed by atoms with E-state index >= 15 is 0 Å². The third kappa shape index (κ3) is 10.5. The van der Waals surface area contributed by atoms with Crippen molar-refractivity contribution in [2.75, 3.05) is 6.54 Å². The van der Waals surface area contributed by atoms with Gasteiger partial charge < -0.3 is 42.7 Å².